The lowest BCUT2D eigenvalue weighted by Gasteiger charge is -2.23. The van der Waals surface area contributed by atoms with Crippen LogP contribution in [-0.4, -0.2) is 24.1 Å². The number of hydrogen-bond acceptors (Lipinski definition) is 3. The summed E-state index contributed by atoms with van der Waals surface area (Å²) in [5, 5.41) is 12.1. The molecule has 2 aromatic carbocycles. The molecule has 5 nitrogen and oxygen atoms in total. The Bertz CT molecular complexity index is 834. The van der Waals surface area contributed by atoms with Crippen LogP contribution in [0, 0.1) is 17.0 Å². The highest BCUT2D eigenvalue weighted by atomic mass is 19.1. The normalized spacial score (nSPS) is 14.6. The Labute approximate surface area is 148 Å². The van der Waals surface area contributed by atoms with Gasteiger partial charge in [-0.3, -0.25) is 9.59 Å². The summed E-state index contributed by atoms with van der Waals surface area (Å²) < 4.78 is 32.1. The lowest BCUT2D eigenvalue weighted by molar-refractivity contribution is -0.150. The van der Waals surface area contributed by atoms with Crippen molar-refractivity contribution in [2.45, 2.75) is 19.3 Å². The van der Waals surface area contributed by atoms with Gasteiger partial charge in [0.15, 0.2) is 17.4 Å². The third kappa shape index (κ3) is 3.24. The number of amides is 1. The van der Waals surface area contributed by atoms with Crippen LogP contribution in [0.3, 0.4) is 0 Å². The molecule has 0 bridgehead atoms. The van der Waals surface area contributed by atoms with Gasteiger partial charge < -0.3 is 15.2 Å². The van der Waals surface area contributed by atoms with E-state index in [0.717, 1.165) is 30.4 Å². The number of nitrogens with one attached hydrogen (secondary N) is 1. The molecule has 1 aliphatic carbocycles. The molecule has 0 saturated carbocycles. The Hall–Kier alpha value is -2.96. The van der Waals surface area contributed by atoms with E-state index in [1.165, 1.54) is 0 Å². The van der Waals surface area contributed by atoms with E-state index < -0.39 is 34.7 Å². The van der Waals surface area contributed by atoms with Crippen molar-refractivity contribution < 1.29 is 28.2 Å². The summed E-state index contributed by atoms with van der Waals surface area (Å²) in [6, 6.07) is 9.17. The van der Waals surface area contributed by atoms with Gasteiger partial charge in [0, 0.05) is 24.2 Å². The van der Waals surface area contributed by atoms with Gasteiger partial charge in [0.05, 0.1) is 12.5 Å². The van der Waals surface area contributed by atoms with Crippen LogP contribution in [0.5, 0.6) is 5.75 Å². The van der Waals surface area contributed by atoms with Gasteiger partial charge in [0.1, 0.15) is 0 Å². The molecule has 0 heterocycles. The van der Waals surface area contributed by atoms with Crippen molar-refractivity contribution in [3.63, 3.8) is 0 Å². The van der Waals surface area contributed by atoms with E-state index >= 15 is 0 Å². The first kappa shape index (κ1) is 17.8. The lowest BCUT2D eigenvalue weighted by Crippen LogP contribution is -2.36. The van der Waals surface area contributed by atoms with Crippen LogP contribution in [-0.2, 0) is 22.4 Å². The quantitative estimate of drug-likeness (QED) is 0.858. The highest BCUT2D eigenvalue weighted by Gasteiger charge is 2.45. The number of aliphatic carboxylic acids is 1. The molecule has 0 aromatic heterocycles. The van der Waals surface area contributed by atoms with Crippen LogP contribution in [0.15, 0.2) is 36.4 Å². The van der Waals surface area contributed by atoms with Gasteiger partial charge in [-0.1, -0.05) is 24.3 Å². The fourth-order valence-electron chi connectivity index (χ4n) is 3.39. The summed E-state index contributed by atoms with van der Waals surface area (Å²) >= 11 is 0. The zero-order valence-corrected chi connectivity index (χ0v) is 14.0. The highest BCUT2D eigenvalue weighted by molar-refractivity contribution is 5.95. The van der Waals surface area contributed by atoms with Gasteiger partial charge in [-0.05, 0) is 24.0 Å². The van der Waals surface area contributed by atoms with Gasteiger partial charge in [-0.15, -0.1) is 0 Å². The van der Waals surface area contributed by atoms with Crippen molar-refractivity contribution in [2.75, 3.05) is 12.4 Å². The molecule has 0 saturated heterocycles. The summed E-state index contributed by atoms with van der Waals surface area (Å²) in [6.07, 6.45) is 0.167. The second-order valence-electron chi connectivity index (χ2n) is 6.41. The van der Waals surface area contributed by atoms with Crippen molar-refractivity contribution >= 4 is 17.6 Å². The maximum absolute atomic E-state index is 13.7. The van der Waals surface area contributed by atoms with Crippen LogP contribution in [0.1, 0.15) is 17.5 Å². The van der Waals surface area contributed by atoms with Crippen molar-refractivity contribution in [2.24, 2.45) is 5.41 Å². The molecule has 1 aliphatic rings. The molecule has 0 spiro atoms. The molecule has 0 fully saturated rings. The van der Waals surface area contributed by atoms with Gasteiger partial charge in [-0.2, -0.15) is 0 Å². The Morgan fingerprint density at radius 2 is 1.69 bits per heavy atom. The largest absolute Gasteiger partial charge is 0.491 e. The van der Waals surface area contributed by atoms with Crippen LogP contribution < -0.4 is 10.1 Å². The highest BCUT2D eigenvalue weighted by Crippen LogP contribution is 2.40. The molecule has 0 unspecified atom stereocenters. The van der Waals surface area contributed by atoms with Gasteiger partial charge in [0.2, 0.25) is 5.91 Å². The third-order valence-electron chi connectivity index (χ3n) is 4.61. The Kier molecular flexibility index (Phi) is 4.63. The van der Waals surface area contributed by atoms with E-state index in [9.17, 15) is 23.5 Å². The van der Waals surface area contributed by atoms with Gasteiger partial charge in [-0.25, -0.2) is 8.78 Å². The first-order valence-electron chi connectivity index (χ1n) is 7.98. The number of halogens is 2. The minimum atomic E-state index is -1.27. The summed E-state index contributed by atoms with van der Waals surface area (Å²) in [4.78, 5) is 24.2. The Morgan fingerprint density at radius 3 is 2.15 bits per heavy atom. The summed E-state index contributed by atoms with van der Waals surface area (Å²) in [5.74, 6) is -4.15. The molecular weight excluding hydrogens is 344 g/mol. The number of carbonyl (C=O) groups excluding carboxylic acids is 1. The van der Waals surface area contributed by atoms with Crippen LogP contribution in [0.2, 0.25) is 0 Å². The van der Waals surface area contributed by atoms with Crippen LogP contribution >= 0.6 is 0 Å². The van der Waals surface area contributed by atoms with Gasteiger partial charge >= 0.3 is 5.97 Å². The number of hydrogen-bond donors (Lipinski definition) is 2. The average molecular weight is 361 g/mol. The minimum Gasteiger partial charge on any atom is -0.491 e. The second-order valence-corrected chi connectivity index (χ2v) is 6.41. The summed E-state index contributed by atoms with van der Waals surface area (Å²) in [5.41, 5.74) is 0.424. The predicted octanol–water partition coefficient (Wildman–Crippen LogP) is 3.17. The monoisotopic (exact) mass is 361 g/mol. The van der Waals surface area contributed by atoms with E-state index in [0.29, 0.717) is 0 Å². The van der Waals surface area contributed by atoms with Crippen molar-refractivity contribution in [3.8, 4) is 5.75 Å². The molecule has 2 aromatic rings. The number of carbonyl (C=O) groups is 2. The molecule has 0 radical (unpaired) electrons. The maximum Gasteiger partial charge on any atom is 0.310 e. The van der Waals surface area contributed by atoms with Crippen molar-refractivity contribution in [1.29, 1.82) is 0 Å². The van der Waals surface area contributed by atoms with Crippen molar-refractivity contribution in [3.05, 3.63) is 59.2 Å². The standard InChI is InChI=1S/C19H17F2NO4/c1-26-17-14(20)6-13(7-15(17)21)22-16(23)10-19(18(24)25)8-11-4-2-3-5-12(11)9-19/h2-7H,8-10H2,1H3,(H,22,23)(H,24,25). The number of rotatable bonds is 5. The van der Waals surface area contributed by atoms with E-state index in [2.05, 4.69) is 10.1 Å². The lowest BCUT2D eigenvalue weighted by atomic mass is 9.81. The van der Waals surface area contributed by atoms with E-state index in [4.69, 9.17) is 0 Å². The molecule has 0 aliphatic heterocycles. The first-order chi connectivity index (χ1) is 12.3. The topological polar surface area (TPSA) is 75.6 Å². The van der Waals surface area contributed by atoms with Crippen molar-refractivity contribution in [1.82, 2.24) is 0 Å². The summed E-state index contributed by atoms with van der Waals surface area (Å²) in [6.45, 7) is 0. The second kappa shape index (κ2) is 6.74. The number of carboxylic acid groups (broad SMARTS) is 1. The molecule has 1 amide bonds. The zero-order valence-electron chi connectivity index (χ0n) is 14.0. The number of carboxylic acids is 1. The Balaban J connectivity index is 1.78. The fourth-order valence-corrected chi connectivity index (χ4v) is 3.39. The van der Waals surface area contributed by atoms with E-state index in [1.54, 1.807) is 0 Å². The molecule has 2 N–H and O–H groups in total. The molecule has 3 rings (SSSR count). The van der Waals surface area contributed by atoms with E-state index in [-0.39, 0.29) is 24.9 Å². The number of methoxy groups -OCH3 is 1. The fraction of sp³-hybridized carbons (Fsp3) is 0.263. The third-order valence-corrected chi connectivity index (χ3v) is 4.61. The molecule has 136 valence electrons. The first-order valence-corrected chi connectivity index (χ1v) is 7.98. The average Bonchev–Trinajstić information content (AvgIpc) is 2.93. The number of benzene rings is 2. The number of anilines is 1. The van der Waals surface area contributed by atoms with Gasteiger partial charge in [0.25, 0.3) is 0 Å². The Morgan fingerprint density at radius 1 is 1.15 bits per heavy atom. The zero-order chi connectivity index (χ0) is 18.9. The number of ether oxygens (including phenoxy) is 1. The molecule has 26 heavy (non-hydrogen) atoms. The summed E-state index contributed by atoms with van der Waals surface area (Å²) in [7, 11) is 1.13. The molecule has 0 atom stereocenters. The SMILES string of the molecule is COc1c(F)cc(NC(=O)CC2(C(=O)O)Cc3ccccc3C2)cc1F. The predicted molar refractivity (Wildman–Crippen MR) is 90.1 cm³/mol. The molecular formula is C19H17F2NO4. The minimum absolute atomic E-state index is 0.0955. The smallest absolute Gasteiger partial charge is 0.310 e. The number of fused-ring (bicyclic) bond motifs is 1. The van der Waals surface area contributed by atoms with E-state index in [1.807, 2.05) is 24.3 Å². The van der Waals surface area contributed by atoms with Crippen LogP contribution in [0.25, 0.3) is 0 Å². The molecule has 7 heteroatoms. The maximum atomic E-state index is 13.7. The van der Waals surface area contributed by atoms with Crippen LogP contribution in [0.4, 0.5) is 14.5 Å².